The van der Waals surface area contributed by atoms with Crippen LogP contribution in [0.3, 0.4) is 0 Å². The van der Waals surface area contributed by atoms with E-state index >= 15 is 0 Å². The number of hydrazone groups is 1. The fourth-order valence-corrected chi connectivity index (χ4v) is 2.82. The van der Waals surface area contributed by atoms with Crippen LogP contribution in [0.2, 0.25) is 0 Å². The molecule has 1 heterocycles. The normalized spacial score (nSPS) is 11.7. The van der Waals surface area contributed by atoms with Crippen molar-refractivity contribution in [3.05, 3.63) is 82.0 Å². The van der Waals surface area contributed by atoms with Gasteiger partial charge >= 0.3 is 0 Å². The van der Waals surface area contributed by atoms with E-state index in [1.807, 2.05) is 48.5 Å². The minimum absolute atomic E-state index is 0.352. The third-order valence-corrected chi connectivity index (χ3v) is 4.37. The molecule has 0 spiro atoms. The third kappa shape index (κ3) is 5.24. The van der Waals surface area contributed by atoms with Gasteiger partial charge in [0.1, 0.15) is 5.69 Å². The first-order chi connectivity index (χ1) is 13.2. The van der Waals surface area contributed by atoms with Crippen molar-refractivity contribution in [1.29, 1.82) is 0 Å². The molecule has 3 aromatic rings. The average molecular weight is 423 g/mol. The summed E-state index contributed by atoms with van der Waals surface area (Å²) < 4.78 is 0.746. The van der Waals surface area contributed by atoms with Crippen LogP contribution in [-0.2, 0) is 6.42 Å². The van der Waals surface area contributed by atoms with Gasteiger partial charge in [-0.05, 0) is 45.6 Å². The Labute approximate surface area is 166 Å². The van der Waals surface area contributed by atoms with Crippen LogP contribution < -0.4 is 5.43 Å². The zero-order chi connectivity index (χ0) is 19.1. The highest BCUT2D eigenvalue weighted by Crippen LogP contribution is 2.18. The van der Waals surface area contributed by atoms with E-state index in [0.717, 1.165) is 27.7 Å². The van der Waals surface area contributed by atoms with Crippen LogP contribution in [-0.4, -0.2) is 22.3 Å². The number of hydrogen-bond acceptors (Lipinski definition) is 3. The lowest BCUT2D eigenvalue weighted by molar-refractivity contribution is 0.0950. The predicted molar refractivity (Wildman–Crippen MR) is 113 cm³/mol. The predicted octanol–water partition coefficient (Wildman–Crippen LogP) is 4.79. The topological polar surface area (TPSA) is 70.1 Å². The number of aryl methyl sites for hydroxylation is 1. The van der Waals surface area contributed by atoms with Crippen molar-refractivity contribution in [2.45, 2.75) is 13.3 Å². The second-order valence-corrected chi connectivity index (χ2v) is 6.77. The number of benzene rings is 2. The standard InChI is InChI=1S/C21H19BrN4O/c1-2-15-8-10-17(11-9-15)19-13-20(25-24-19)21(27)26-23-14-18(22)12-16-6-4-3-5-7-16/h3-14H,2H2,1H3,(H,24,25)(H,26,27). The van der Waals surface area contributed by atoms with E-state index in [2.05, 4.69) is 55.7 Å². The van der Waals surface area contributed by atoms with Crippen molar-refractivity contribution < 1.29 is 4.79 Å². The number of H-pyrrole nitrogens is 1. The van der Waals surface area contributed by atoms with Gasteiger partial charge in [0.15, 0.2) is 0 Å². The molecule has 0 aliphatic rings. The van der Waals surface area contributed by atoms with Gasteiger partial charge in [-0.3, -0.25) is 9.89 Å². The molecule has 1 aromatic heterocycles. The van der Waals surface area contributed by atoms with Gasteiger partial charge in [-0.2, -0.15) is 10.2 Å². The number of carbonyl (C=O) groups excluding carboxylic acids is 1. The molecule has 2 N–H and O–H groups in total. The summed E-state index contributed by atoms with van der Waals surface area (Å²) in [7, 11) is 0. The van der Waals surface area contributed by atoms with Gasteiger partial charge in [0, 0.05) is 10.0 Å². The van der Waals surface area contributed by atoms with Crippen molar-refractivity contribution in [3.8, 4) is 11.3 Å². The van der Waals surface area contributed by atoms with Crippen LogP contribution in [0.1, 0.15) is 28.5 Å². The molecule has 1 amide bonds. The Bertz CT molecular complexity index is 959. The number of amides is 1. The van der Waals surface area contributed by atoms with Crippen LogP contribution in [0.25, 0.3) is 17.3 Å². The van der Waals surface area contributed by atoms with Gasteiger partial charge in [0.2, 0.25) is 0 Å². The number of nitrogens with zero attached hydrogens (tertiary/aromatic N) is 2. The van der Waals surface area contributed by atoms with Gasteiger partial charge in [0.05, 0.1) is 11.9 Å². The maximum atomic E-state index is 12.2. The first kappa shape index (κ1) is 18.8. The van der Waals surface area contributed by atoms with Gasteiger partial charge in [0.25, 0.3) is 5.91 Å². The highest BCUT2D eigenvalue weighted by atomic mass is 79.9. The van der Waals surface area contributed by atoms with Crippen LogP contribution in [0.5, 0.6) is 0 Å². The molecule has 27 heavy (non-hydrogen) atoms. The van der Waals surface area contributed by atoms with Crippen molar-refractivity contribution in [3.63, 3.8) is 0 Å². The van der Waals surface area contributed by atoms with E-state index in [9.17, 15) is 4.79 Å². The van der Waals surface area contributed by atoms with Crippen molar-refractivity contribution in [2.75, 3.05) is 0 Å². The Hall–Kier alpha value is -2.99. The van der Waals surface area contributed by atoms with Crippen molar-refractivity contribution in [2.24, 2.45) is 5.10 Å². The smallest absolute Gasteiger partial charge is 0.272 e. The molecule has 136 valence electrons. The van der Waals surface area contributed by atoms with Gasteiger partial charge in [-0.1, -0.05) is 61.5 Å². The molecule has 0 saturated carbocycles. The lowest BCUT2D eigenvalue weighted by Crippen LogP contribution is -2.17. The molecular formula is C21H19BrN4O. The van der Waals surface area contributed by atoms with E-state index in [-0.39, 0.29) is 5.91 Å². The lowest BCUT2D eigenvalue weighted by atomic mass is 10.1. The molecule has 3 rings (SSSR count). The number of rotatable bonds is 6. The Kier molecular flexibility index (Phi) is 6.33. The number of carbonyl (C=O) groups is 1. The van der Waals surface area contributed by atoms with E-state index in [1.54, 1.807) is 6.07 Å². The molecule has 0 saturated heterocycles. The number of allylic oxidation sites excluding steroid dienone is 1. The summed E-state index contributed by atoms with van der Waals surface area (Å²) in [6.07, 6.45) is 4.43. The molecule has 0 aliphatic heterocycles. The molecule has 0 unspecified atom stereocenters. The number of aromatic amines is 1. The van der Waals surface area contributed by atoms with E-state index < -0.39 is 0 Å². The van der Waals surface area contributed by atoms with Gasteiger partial charge in [-0.15, -0.1) is 0 Å². The number of nitrogens with one attached hydrogen (secondary N) is 2. The fourth-order valence-electron chi connectivity index (χ4n) is 2.46. The zero-order valence-electron chi connectivity index (χ0n) is 14.8. The first-order valence-electron chi connectivity index (χ1n) is 8.56. The SMILES string of the molecule is CCc1ccc(-c2cc(C(=O)NN=CC(Br)=Cc3ccccc3)[nH]n2)cc1. The molecule has 0 atom stereocenters. The average Bonchev–Trinajstić information content (AvgIpc) is 3.19. The molecule has 5 nitrogen and oxygen atoms in total. The molecular weight excluding hydrogens is 404 g/mol. The largest absolute Gasteiger partial charge is 0.289 e. The maximum absolute atomic E-state index is 12.2. The lowest BCUT2D eigenvalue weighted by Gasteiger charge is -1.98. The minimum atomic E-state index is -0.352. The Morgan fingerprint density at radius 1 is 1.19 bits per heavy atom. The van der Waals surface area contributed by atoms with Crippen molar-refractivity contribution >= 4 is 34.1 Å². The third-order valence-electron chi connectivity index (χ3n) is 3.94. The second-order valence-electron chi connectivity index (χ2n) is 5.86. The van der Waals surface area contributed by atoms with Crippen molar-refractivity contribution in [1.82, 2.24) is 15.6 Å². The van der Waals surface area contributed by atoms with E-state index in [0.29, 0.717) is 5.69 Å². The second kappa shape index (κ2) is 9.09. The Balaban J connectivity index is 1.61. The summed E-state index contributed by atoms with van der Waals surface area (Å²) in [5.41, 5.74) is 6.81. The minimum Gasteiger partial charge on any atom is -0.272 e. The van der Waals surface area contributed by atoms with Gasteiger partial charge in [-0.25, -0.2) is 5.43 Å². The first-order valence-corrected chi connectivity index (χ1v) is 9.35. The summed E-state index contributed by atoms with van der Waals surface area (Å²) in [5.74, 6) is -0.352. The van der Waals surface area contributed by atoms with Crippen LogP contribution in [0.15, 0.2) is 70.2 Å². The van der Waals surface area contributed by atoms with E-state index in [4.69, 9.17) is 0 Å². The van der Waals surface area contributed by atoms with Crippen LogP contribution in [0, 0.1) is 0 Å². The zero-order valence-corrected chi connectivity index (χ0v) is 16.4. The van der Waals surface area contributed by atoms with Crippen LogP contribution >= 0.6 is 15.9 Å². The van der Waals surface area contributed by atoms with Crippen LogP contribution in [0.4, 0.5) is 0 Å². The van der Waals surface area contributed by atoms with Gasteiger partial charge < -0.3 is 0 Å². The molecule has 0 bridgehead atoms. The summed E-state index contributed by atoms with van der Waals surface area (Å²) in [6, 6.07) is 19.7. The number of halogens is 1. The number of aromatic nitrogens is 2. The summed E-state index contributed by atoms with van der Waals surface area (Å²) in [6.45, 7) is 2.11. The molecule has 2 aromatic carbocycles. The summed E-state index contributed by atoms with van der Waals surface area (Å²) in [5, 5.41) is 10.9. The van der Waals surface area contributed by atoms with E-state index in [1.165, 1.54) is 11.8 Å². The highest BCUT2D eigenvalue weighted by Gasteiger charge is 2.10. The summed E-state index contributed by atoms with van der Waals surface area (Å²) >= 11 is 3.41. The molecule has 6 heteroatoms. The molecule has 0 radical (unpaired) electrons. The highest BCUT2D eigenvalue weighted by molar-refractivity contribution is 9.12. The Morgan fingerprint density at radius 3 is 2.63 bits per heavy atom. The fraction of sp³-hybridized carbons (Fsp3) is 0.0952. The maximum Gasteiger partial charge on any atom is 0.289 e. The Morgan fingerprint density at radius 2 is 1.93 bits per heavy atom. The molecule has 0 fully saturated rings. The quantitative estimate of drug-likeness (QED) is 0.442. The monoisotopic (exact) mass is 422 g/mol. The number of hydrogen-bond donors (Lipinski definition) is 2. The summed E-state index contributed by atoms with van der Waals surface area (Å²) in [4.78, 5) is 12.2. The molecule has 0 aliphatic carbocycles.